The van der Waals surface area contributed by atoms with Crippen molar-refractivity contribution in [1.82, 2.24) is 0 Å². The van der Waals surface area contributed by atoms with Gasteiger partial charge in [-0.25, -0.2) is 4.79 Å². The molecule has 0 aliphatic carbocycles. The van der Waals surface area contributed by atoms with E-state index in [-0.39, 0.29) is 11.5 Å². The normalized spacial score (nSPS) is 18.5. The fourth-order valence-electron chi connectivity index (χ4n) is 3.51. The predicted molar refractivity (Wildman–Crippen MR) is 110 cm³/mol. The molecule has 0 N–H and O–H groups in total. The van der Waals surface area contributed by atoms with Crippen LogP contribution in [0.3, 0.4) is 0 Å². The Balaban J connectivity index is 1.57. The highest BCUT2D eigenvalue weighted by Gasteiger charge is 2.30. The minimum Gasteiger partial charge on any atom is -0.493 e. The summed E-state index contributed by atoms with van der Waals surface area (Å²) in [6.07, 6.45) is 2.51. The number of allylic oxidation sites excluding steroid dienone is 1. The Morgan fingerprint density at radius 1 is 1.06 bits per heavy atom. The Morgan fingerprint density at radius 2 is 1.81 bits per heavy atom. The zero-order valence-electron chi connectivity index (χ0n) is 17.4. The highest BCUT2D eigenvalue weighted by Crippen LogP contribution is 2.40. The number of Topliss-reactive ketones (excluding diaryl/α,β-unsaturated/α-hetero) is 1. The van der Waals surface area contributed by atoms with Crippen LogP contribution >= 0.6 is 0 Å². The smallest absolute Gasteiger partial charge is 0.340 e. The standard InChI is InChI=1S/C23H22O8/c1-26-19-10-13(11-20(27-2)22(19)28-3)9-18-21(24)15-7-6-14(12-17(15)31-18)30-23(25)16-5-4-8-29-16/h6-7,9-12,16H,4-5,8H2,1-3H3/b18-9-. The quantitative estimate of drug-likeness (QED) is 0.394. The van der Waals surface area contributed by atoms with Crippen LogP contribution in [0.4, 0.5) is 0 Å². The van der Waals surface area contributed by atoms with Gasteiger partial charge in [-0.1, -0.05) is 0 Å². The molecular formula is C23H22O8. The van der Waals surface area contributed by atoms with Crippen LogP contribution in [0, 0.1) is 0 Å². The molecule has 8 heteroatoms. The van der Waals surface area contributed by atoms with Gasteiger partial charge in [-0.15, -0.1) is 0 Å². The third-order valence-electron chi connectivity index (χ3n) is 5.04. The van der Waals surface area contributed by atoms with Gasteiger partial charge < -0.3 is 28.4 Å². The first kappa shape index (κ1) is 20.7. The van der Waals surface area contributed by atoms with Crippen LogP contribution in [-0.2, 0) is 9.53 Å². The summed E-state index contributed by atoms with van der Waals surface area (Å²) in [7, 11) is 4.55. The van der Waals surface area contributed by atoms with Gasteiger partial charge in [0, 0.05) is 12.7 Å². The van der Waals surface area contributed by atoms with E-state index in [1.165, 1.54) is 27.4 Å². The largest absolute Gasteiger partial charge is 0.493 e. The number of hydrogen-bond acceptors (Lipinski definition) is 8. The second kappa shape index (κ2) is 8.69. The molecular weight excluding hydrogens is 404 g/mol. The first-order valence-corrected chi connectivity index (χ1v) is 9.75. The van der Waals surface area contributed by atoms with Crippen LogP contribution in [0.1, 0.15) is 28.8 Å². The molecule has 0 amide bonds. The molecule has 1 atom stereocenters. The molecule has 0 spiro atoms. The fraction of sp³-hybridized carbons (Fsp3) is 0.304. The summed E-state index contributed by atoms with van der Waals surface area (Å²) in [4.78, 5) is 24.9. The average molecular weight is 426 g/mol. The van der Waals surface area contributed by atoms with Crippen molar-refractivity contribution in [2.24, 2.45) is 0 Å². The van der Waals surface area contributed by atoms with E-state index < -0.39 is 12.1 Å². The van der Waals surface area contributed by atoms with Crippen molar-refractivity contribution in [2.45, 2.75) is 18.9 Å². The Bertz CT molecular complexity index is 1020. The highest BCUT2D eigenvalue weighted by molar-refractivity contribution is 6.14. The predicted octanol–water partition coefficient (Wildman–Crippen LogP) is 3.41. The lowest BCUT2D eigenvalue weighted by Crippen LogP contribution is -2.24. The zero-order valence-corrected chi connectivity index (χ0v) is 17.4. The fourth-order valence-corrected chi connectivity index (χ4v) is 3.51. The SMILES string of the molecule is COc1cc(/C=C2\Oc3cc(OC(=O)C4CCCO4)ccc3C2=O)cc(OC)c1OC. The van der Waals surface area contributed by atoms with Gasteiger partial charge in [0.25, 0.3) is 0 Å². The van der Waals surface area contributed by atoms with Crippen molar-refractivity contribution in [1.29, 1.82) is 0 Å². The number of carbonyl (C=O) groups is 2. The maximum Gasteiger partial charge on any atom is 0.340 e. The molecule has 0 bridgehead atoms. The minimum atomic E-state index is -0.550. The summed E-state index contributed by atoms with van der Waals surface area (Å²) in [6, 6.07) is 8.09. The van der Waals surface area contributed by atoms with E-state index in [0.29, 0.717) is 52.9 Å². The van der Waals surface area contributed by atoms with Crippen molar-refractivity contribution < 1.29 is 38.0 Å². The second-order valence-corrected chi connectivity index (χ2v) is 6.98. The minimum absolute atomic E-state index is 0.131. The van der Waals surface area contributed by atoms with E-state index in [0.717, 1.165) is 6.42 Å². The van der Waals surface area contributed by atoms with Gasteiger partial charge in [-0.05, 0) is 48.7 Å². The lowest BCUT2D eigenvalue weighted by atomic mass is 10.1. The molecule has 8 nitrogen and oxygen atoms in total. The van der Waals surface area contributed by atoms with Crippen LogP contribution in [0.25, 0.3) is 6.08 Å². The van der Waals surface area contributed by atoms with Crippen LogP contribution in [0.2, 0.25) is 0 Å². The van der Waals surface area contributed by atoms with Gasteiger partial charge in [-0.2, -0.15) is 0 Å². The summed E-state index contributed by atoms with van der Waals surface area (Å²) < 4.78 is 32.5. The Hall–Kier alpha value is -3.52. The third-order valence-corrected chi connectivity index (χ3v) is 5.04. The average Bonchev–Trinajstić information content (AvgIpc) is 3.42. The Kier molecular flexibility index (Phi) is 5.81. The van der Waals surface area contributed by atoms with Crippen LogP contribution < -0.4 is 23.7 Å². The summed E-state index contributed by atoms with van der Waals surface area (Å²) in [5.41, 5.74) is 1.02. The van der Waals surface area contributed by atoms with Crippen molar-refractivity contribution in [3.63, 3.8) is 0 Å². The highest BCUT2D eigenvalue weighted by atomic mass is 16.6. The number of fused-ring (bicyclic) bond motifs is 1. The van der Waals surface area contributed by atoms with Crippen molar-refractivity contribution in [3.8, 4) is 28.7 Å². The molecule has 0 aromatic heterocycles. The number of esters is 1. The molecule has 2 heterocycles. The topological polar surface area (TPSA) is 89.5 Å². The molecule has 2 aromatic carbocycles. The Morgan fingerprint density at radius 3 is 2.42 bits per heavy atom. The summed E-state index contributed by atoms with van der Waals surface area (Å²) in [5.74, 6) is 1.39. The number of methoxy groups -OCH3 is 3. The molecule has 162 valence electrons. The molecule has 0 radical (unpaired) electrons. The molecule has 2 aromatic rings. The first-order chi connectivity index (χ1) is 15.0. The van der Waals surface area contributed by atoms with Crippen molar-refractivity contribution in [3.05, 3.63) is 47.2 Å². The van der Waals surface area contributed by atoms with Crippen LogP contribution in [0.15, 0.2) is 36.1 Å². The number of benzene rings is 2. The number of hydrogen-bond donors (Lipinski definition) is 0. The molecule has 2 aliphatic heterocycles. The van der Waals surface area contributed by atoms with E-state index in [1.54, 1.807) is 30.3 Å². The van der Waals surface area contributed by atoms with Crippen LogP contribution in [-0.4, -0.2) is 45.8 Å². The zero-order chi connectivity index (χ0) is 22.0. The summed E-state index contributed by atoms with van der Waals surface area (Å²) in [6.45, 7) is 0.552. The summed E-state index contributed by atoms with van der Waals surface area (Å²) in [5, 5.41) is 0. The van der Waals surface area contributed by atoms with Crippen molar-refractivity contribution in [2.75, 3.05) is 27.9 Å². The van der Waals surface area contributed by atoms with Gasteiger partial charge in [0.15, 0.2) is 23.4 Å². The number of carbonyl (C=O) groups excluding carboxylic acids is 2. The molecule has 1 unspecified atom stereocenters. The molecule has 4 rings (SSSR count). The van der Waals surface area contributed by atoms with Gasteiger partial charge in [-0.3, -0.25) is 4.79 Å². The van der Waals surface area contributed by atoms with E-state index >= 15 is 0 Å². The molecule has 31 heavy (non-hydrogen) atoms. The van der Waals surface area contributed by atoms with Crippen LogP contribution in [0.5, 0.6) is 28.7 Å². The monoisotopic (exact) mass is 426 g/mol. The van der Waals surface area contributed by atoms with Gasteiger partial charge in [0.1, 0.15) is 11.5 Å². The molecule has 1 saturated heterocycles. The Labute approximate surface area is 179 Å². The lowest BCUT2D eigenvalue weighted by molar-refractivity contribution is -0.144. The van der Waals surface area contributed by atoms with E-state index in [9.17, 15) is 9.59 Å². The molecule has 0 saturated carbocycles. The van der Waals surface area contributed by atoms with Crippen molar-refractivity contribution >= 4 is 17.8 Å². The first-order valence-electron chi connectivity index (χ1n) is 9.75. The molecule has 2 aliphatic rings. The van der Waals surface area contributed by atoms with E-state index in [4.69, 9.17) is 28.4 Å². The third kappa shape index (κ3) is 4.06. The maximum atomic E-state index is 12.8. The van der Waals surface area contributed by atoms with Gasteiger partial charge in [0.2, 0.25) is 11.5 Å². The molecule has 1 fully saturated rings. The summed E-state index contributed by atoms with van der Waals surface area (Å²) >= 11 is 0. The van der Waals surface area contributed by atoms with E-state index in [1.807, 2.05) is 0 Å². The van der Waals surface area contributed by atoms with Gasteiger partial charge >= 0.3 is 5.97 Å². The maximum absolute atomic E-state index is 12.8. The lowest BCUT2D eigenvalue weighted by Gasteiger charge is -2.13. The number of ether oxygens (including phenoxy) is 6. The van der Waals surface area contributed by atoms with E-state index in [2.05, 4.69) is 0 Å². The number of ketones is 1. The number of rotatable bonds is 6. The van der Waals surface area contributed by atoms with Gasteiger partial charge in [0.05, 0.1) is 26.9 Å². The second-order valence-electron chi connectivity index (χ2n) is 6.98.